The zero-order chi connectivity index (χ0) is 35.6. The molecule has 4 aromatic rings. The minimum Gasteiger partial charge on any atom is -0.494 e. The quantitative estimate of drug-likeness (QED) is 0.143. The van der Waals surface area contributed by atoms with Crippen molar-refractivity contribution in [1.82, 2.24) is 10.2 Å². The van der Waals surface area contributed by atoms with Crippen LogP contribution in [0.25, 0.3) is 0 Å². The fraction of sp³-hybridized carbons (Fsp3) is 0.278. The first-order valence-electron chi connectivity index (χ1n) is 15.5. The minimum atomic E-state index is -4.40. The van der Waals surface area contributed by atoms with Crippen molar-refractivity contribution in [2.24, 2.45) is 0 Å². The summed E-state index contributed by atoms with van der Waals surface area (Å²) in [6.45, 7) is 3.66. The van der Waals surface area contributed by atoms with Gasteiger partial charge in [0, 0.05) is 25.6 Å². The number of hydrogen-bond donors (Lipinski definition) is 1. The van der Waals surface area contributed by atoms with Crippen LogP contribution in [0, 0.1) is 0 Å². The van der Waals surface area contributed by atoms with Crippen molar-refractivity contribution in [3.63, 3.8) is 0 Å². The zero-order valence-electron chi connectivity index (χ0n) is 27.7. The van der Waals surface area contributed by atoms with Crippen molar-refractivity contribution in [3.8, 4) is 17.2 Å². The maximum atomic E-state index is 14.6. The average Bonchev–Trinajstić information content (AvgIpc) is 3.10. The van der Waals surface area contributed by atoms with E-state index in [1.165, 1.54) is 37.3 Å². The molecule has 0 bridgehead atoms. The lowest BCUT2D eigenvalue weighted by molar-refractivity contribution is -0.140. The first kappa shape index (κ1) is 37.4. The smallest absolute Gasteiger partial charge is 0.264 e. The van der Waals surface area contributed by atoms with Crippen LogP contribution < -0.4 is 23.8 Å². The first-order valence-corrected chi connectivity index (χ1v) is 17.7. The number of hydrogen-bond acceptors (Lipinski definition) is 7. The number of likely N-dealkylation sites (N-methyl/N-ethyl adjacent to an activating group) is 1. The van der Waals surface area contributed by atoms with Gasteiger partial charge in [-0.05, 0) is 73.5 Å². The summed E-state index contributed by atoms with van der Waals surface area (Å²) < 4.78 is 46.1. The largest absolute Gasteiger partial charge is 0.494 e. The summed E-state index contributed by atoms with van der Waals surface area (Å²) in [7, 11) is -1.55. The monoisotopic (exact) mass is 727 g/mol. The molecule has 2 amide bonds. The number of methoxy groups -OCH3 is 2. The number of amides is 2. The van der Waals surface area contributed by atoms with Gasteiger partial charge in [0.15, 0.2) is 11.5 Å². The predicted octanol–water partition coefficient (Wildman–Crippen LogP) is 6.38. The maximum Gasteiger partial charge on any atom is 0.264 e. The van der Waals surface area contributed by atoms with E-state index in [9.17, 15) is 18.0 Å². The number of nitrogens with zero attached hydrogens (tertiary/aromatic N) is 2. The molecule has 13 heteroatoms. The molecule has 0 saturated heterocycles. The molecular weight excluding hydrogens is 689 g/mol. The number of rotatable bonds is 16. The van der Waals surface area contributed by atoms with Crippen LogP contribution in [-0.4, -0.2) is 65.1 Å². The predicted molar refractivity (Wildman–Crippen MR) is 191 cm³/mol. The Morgan fingerprint density at radius 1 is 0.816 bits per heavy atom. The molecule has 10 nitrogen and oxygen atoms in total. The highest BCUT2D eigenvalue weighted by molar-refractivity contribution is 7.92. The number of sulfonamides is 1. The highest BCUT2D eigenvalue weighted by Gasteiger charge is 2.35. The summed E-state index contributed by atoms with van der Waals surface area (Å²) in [6, 6.07) is 23.8. The molecule has 0 aliphatic heterocycles. The number of nitrogens with one attached hydrogen (secondary N) is 1. The van der Waals surface area contributed by atoms with E-state index in [2.05, 4.69) is 5.32 Å². The molecule has 0 aliphatic carbocycles. The van der Waals surface area contributed by atoms with Crippen LogP contribution in [0.4, 0.5) is 5.69 Å². The van der Waals surface area contributed by atoms with E-state index >= 15 is 0 Å². The summed E-state index contributed by atoms with van der Waals surface area (Å²) in [5.41, 5.74) is 1.62. The number of carbonyl (C=O) groups is 2. The lowest BCUT2D eigenvalue weighted by Gasteiger charge is -2.34. The van der Waals surface area contributed by atoms with Gasteiger partial charge in [0.1, 0.15) is 18.3 Å². The van der Waals surface area contributed by atoms with Crippen LogP contribution in [0.1, 0.15) is 25.0 Å². The molecule has 0 aromatic heterocycles. The molecule has 49 heavy (non-hydrogen) atoms. The van der Waals surface area contributed by atoms with Gasteiger partial charge in [0.2, 0.25) is 11.8 Å². The van der Waals surface area contributed by atoms with Crippen molar-refractivity contribution >= 4 is 50.7 Å². The number of ether oxygens (including phenoxy) is 3. The van der Waals surface area contributed by atoms with E-state index < -0.39 is 34.4 Å². The number of carbonyl (C=O) groups excluding carboxylic acids is 2. The number of anilines is 1. The molecule has 4 rings (SSSR count). The Bertz CT molecular complexity index is 1840. The van der Waals surface area contributed by atoms with Crippen LogP contribution >= 0.6 is 23.2 Å². The number of halogens is 2. The molecule has 1 unspecified atom stereocenters. The van der Waals surface area contributed by atoms with Gasteiger partial charge in [0.25, 0.3) is 10.0 Å². The van der Waals surface area contributed by atoms with E-state index in [0.717, 1.165) is 9.87 Å². The van der Waals surface area contributed by atoms with Crippen molar-refractivity contribution in [3.05, 3.63) is 112 Å². The third kappa shape index (κ3) is 9.38. The molecule has 0 heterocycles. The van der Waals surface area contributed by atoms with Crippen LogP contribution in [-0.2, 0) is 32.6 Å². The van der Waals surface area contributed by atoms with Crippen molar-refractivity contribution in [2.75, 3.05) is 38.2 Å². The lowest BCUT2D eigenvalue weighted by atomic mass is 10.0. The van der Waals surface area contributed by atoms with Gasteiger partial charge >= 0.3 is 0 Å². The average molecular weight is 729 g/mol. The molecule has 0 aliphatic rings. The van der Waals surface area contributed by atoms with E-state index in [-0.39, 0.29) is 34.3 Å². The highest BCUT2D eigenvalue weighted by atomic mass is 35.5. The van der Waals surface area contributed by atoms with Crippen LogP contribution in [0.5, 0.6) is 17.2 Å². The lowest BCUT2D eigenvalue weighted by Crippen LogP contribution is -2.53. The van der Waals surface area contributed by atoms with Crippen molar-refractivity contribution in [2.45, 2.75) is 37.8 Å². The molecule has 1 atom stereocenters. The summed E-state index contributed by atoms with van der Waals surface area (Å²) in [5, 5.41) is 3.44. The highest BCUT2D eigenvalue weighted by Crippen LogP contribution is 2.33. The van der Waals surface area contributed by atoms with Gasteiger partial charge < -0.3 is 24.4 Å². The van der Waals surface area contributed by atoms with E-state index in [1.54, 1.807) is 49.4 Å². The van der Waals surface area contributed by atoms with Crippen LogP contribution in [0.3, 0.4) is 0 Å². The second-order valence-corrected chi connectivity index (χ2v) is 13.5. The summed E-state index contributed by atoms with van der Waals surface area (Å²) in [5.74, 6) is 0.0401. The standard InChI is InChI=1S/C36H39Cl2N3O7S/c1-5-39-36(43)32(21-25-10-8-7-9-11-25)40(23-26-12-18-30(37)31(38)20-26)35(42)24-41(27-13-15-28(16-14-27)48-6-2)49(44,45)29-17-19-33(46-3)34(22-29)47-4/h7-20,22,32H,5-6,21,23-24H2,1-4H3,(H,39,43). The molecule has 0 radical (unpaired) electrons. The fourth-order valence-corrected chi connectivity index (χ4v) is 6.94. The van der Waals surface area contributed by atoms with E-state index in [0.29, 0.717) is 35.2 Å². The molecule has 1 N–H and O–H groups in total. The van der Waals surface area contributed by atoms with E-state index in [4.69, 9.17) is 37.4 Å². The normalized spacial score (nSPS) is 11.7. The molecular formula is C36H39Cl2N3O7S. The Morgan fingerprint density at radius 2 is 1.51 bits per heavy atom. The minimum absolute atomic E-state index is 0.0577. The Hall–Kier alpha value is -4.45. The van der Waals surface area contributed by atoms with Crippen molar-refractivity contribution < 1.29 is 32.2 Å². The van der Waals surface area contributed by atoms with Crippen LogP contribution in [0.2, 0.25) is 10.0 Å². The Labute approximate surface area is 297 Å². The molecule has 260 valence electrons. The first-order chi connectivity index (χ1) is 23.5. The van der Waals surface area contributed by atoms with Gasteiger partial charge in [-0.25, -0.2) is 8.42 Å². The van der Waals surface area contributed by atoms with E-state index in [1.807, 2.05) is 37.3 Å². The number of benzene rings is 4. The van der Waals surface area contributed by atoms with Gasteiger partial charge in [-0.3, -0.25) is 13.9 Å². The Morgan fingerprint density at radius 3 is 2.12 bits per heavy atom. The van der Waals surface area contributed by atoms with Gasteiger partial charge in [-0.15, -0.1) is 0 Å². The van der Waals surface area contributed by atoms with Gasteiger partial charge in [0.05, 0.1) is 41.5 Å². The third-order valence-electron chi connectivity index (χ3n) is 7.62. The Balaban J connectivity index is 1.84. The molecule has 0 fully saturated rings. The van der Waals surface area contributed by atoms with Gasteiger partial charge in [-0.2, -0.15) is 0 Å². The summed E-state index contributed by atoms with van der Waals surface area (Å²) in [6.07, 6.45) is 0.172. The van der Waals surface area contributed by atoms with Crippen LogP contribution in [0.15, 0.2) is 95.9 Å². The van der Waals surface area contributed by atoms with Gasteiger partial charge in [-0.1, -0.05) is 59.6 Å². The molecule has 0 saturated carbocycles. The summed E-state index contributed by atoms with van der Waals surface area (Å²) in [4.78, 5) is 29.5. The molecule has 4 aromatic carbocycles. The second-order valence-electron chi connectivity index (χ2n) is 10.8. The summed E-state index contributed by atoms with van der Waals surface area (Å²) >= 11 is 12.5. The fourth-order valence-electron chi connectivity index (χ4n) is 5.19. The topological polar surface area (TPSA) is 114 Å². The Kier molecular flexibility index (Phi) is 13.2. The SMILES string of the molecule is CCNC(=O)C(Cc1ccccc1)N(Cc1ccc(Cl)c(Cl)c1)C(=O)CN(c1ccc(OCC)cc1)S(=O)(=O)c1ccc(OC)c(OC)c1. The second kappa shape index (κ2) is 17.3. The zero-order valence-corrected chi connectivity index (χ0v) is 30.0. The molecule has 0 spiro atoms. The van der Waals surface area contributed by atoms with Crippen molar-refractivity contribution in [1.29, 1.82) is 0 Å². The third-order valence-corrected chi connectivity index (χ3v) is 10.1. The maximum absolute atomic E-state index is 14.6.